The lowest BCUT2D eigenvalue weighted by Crippen LogP contribution is -2.32. The van der Waals surface area contributed by atoms with Gasteiger partial charge in [0.1, 0.15) is 0 Å². The number of hydrogen-bond donors (Lipinski definition) is 1. The number of nitrogens with one attached hydrogen (secondary N) is 1. The molecule has 0 atom stereocenters. The molecule has 1 saturated heterocycles. The van der Waals surface area contributed by atoms with Crippen LogP contribution in [0.1, 0.15) is 28.8 Å². The number of piperidine rings is 1. The number of carbonyl (C=O) groups excluding carboxylic acids is 1. The minimum atomic E-state index is 0.212. The predicted molar refractivity (Wildman–Crippen MR) is 72.9 cm³/mol. The largest absolute Gasteiger partial charge is 0.317 e. The Kier molecular flexibility index (Phi) is 4.24. The molecule has 1 aromatic rings. The van der Waals surface area contributed by atoms with E-state index in [0.29, 0.717) is 5.78 Å². The number of thioether (sulfide) groups is 1. The molecule has 2 nitrogen and oxygen atoms in total. The number of hydrogen-bond acceptors (Lipinski definition) is 3. The molecule has 0 saturated carbocycles. The zero-order valence-electron chi connectivity index (χ0n) is 10.5. The summed E-state index contributed by atoms with van der Waals surface area (Å²) >= 11 is 1.66. The molecule has 0 radical (unpaired) electrons. The monoisotopic (exact) mass is 249 g/mol. The number of ketones is 1. The molecule has 1 aromatic carbocycles. The Labute approximate surface area is 107 Å². The molecular formula is C14H19NOS. The van der Waals surface area contributed by atoms with E-state index in [2.05, 4.69) is 17.4 Å². The van der Waals surface area contributed by atoms with Crippen molar-refractivity contribution in [1.82, 2.24) is 5.32 Å². The highest BCUT2D eigenvalue weighted by Gasteiger charge is 2.23. The van der Waals surface area contributed by atoms with Crippen LogP contribution < -0.4 is 5.32 Å². The topological polar surface area (TPSA) is 29.1 Å². The van der Waals surface area contributed by atoms with Crippen molar-refractivity contribution in [2.24, 2.45) is 5.92 Å². The van der Waals surface area contributed by atoms with Crippen molar-refractivity contribution >= 4 is 17.5 Å². The van der Waals surface area contributed by atoms with E-state index in [1.165, 1.54) is 5.56 Å². The Hall–Kier alpha value is -0.800. The average molecular weight is 249 g/mol. The summed E-state index contributed by atoms with van der Waals surface area (Å²) in [7, 11) is 0. The summed E-state index contributed by atoms with van der Waals surface area (Å²) < 4.78 is 0. The number of Topliss-reactive ketones (excluding diaryl/α,β-unsaturated/α-hetero) is 1. The molecule has 1 heterocycles. The average Bonchev–Trinajstić information content (AvgIpc) is 2.39. The fourth-order valence-corrected chi connectivity index (χ4v) is 2.90. The maximum atomic E-state index is 12.5. The third-order valence-electron chi connectivity index (χ3n) is 3.33. The molecule has 3 heteroatoms. The van der Waals surface area contributed by atoms with E-state index in [-0.39, 0.29) is 5.92 Å². The maximum Gasteiger partial charge on any atom is 0.167 e. The highest BCUT2D eigenvalue weighted by molar-refractivity contribution is 7.98. The summed E-state index contributed by atoms with van der Waals surface area (Å²) in [5, 5.41) is 3.30. The summed E-state index contributed by atoms with van der Waals surface area (Å²) in [6.07, 6.45) is 3.98. The van der Waals surface area contributed by atoms with E-state index in [1.54, 1.807) is 11.8 Å². The second-order valence-electron chi connectivity index (χ2n) is 4.59. The lowest BCUT2D eigenvalue weighted by atomic mass is 9.89. The van der Waals surface area contributed by atoms with Crippen molar-refractivity contribution in [1.29, 1.82) is 0 Å². The molecule has 17 heavy (non-hydrogen) atoms. The summed E-state index contributed by atoms with van der Waals surface area (Å²) in [6.45, 7) is 3.98. The lowest BCUT2D eigenvalue weighted by molar-refractivity contribution is 0.0892. The Morgan fingerprint density at radius 3 is 2.71 bits per heavy atom. The van der Waals surface area contributed by atoms with Crippen molar-refractivity contribution in [3.8, 4) is 0 Å². The molecule has 0 amide bonds. The number of rotatable bonds is 3. The molecule has 1 aliphatic heterocycles. The van der Waals surface area contributed by atoms with E-state index < -0.39 is 0 Å². The predicted octanol–water partition coefficient (Wildman–Crippen LogP) is 2.90. The second-order valence-corrected chi connectivity index (χ2v) is 5.44. The minimum absolute atomic E-state index is 0.212. The molecule has 92 valence electrons. The first kappa shape index (κ1) is 12.7. The van der Waals surface area contributed by atoms with E-state index in [4.69, 9.17) is 0 Å². The van der Waals surface area contributed by atoms with Crippen molar-refractivity contribution < 1.29 is 4.79 Å². The number of carbonyl (C=O) groups is 1. The van der Waals surface area contributed by atoms with Crippen LogP contribution in [0.5, 0.6) is 0 Å². The second kappa shape index (κ2) is 5.69. The van der Waals surface area contributed by atoms with Gasteiger partial charge >= 0.3 is 0 Å². The van der Waals surface area contributed by atoms with Crippen LogP contribution in [0.15, 0.2) is 23.1 Å². The van der Waals surface area contributed by atoms with Gasteiger partial charge in [0.15, 0.2) is 5.78 Å². The fourth-order valence-electron chi connectivity index (χ4n) is 2.32. The summed E-state index contributed by atoms with van der Waals surface area (Å²) in [5.74, 6) is 0.545. The van der Waals surface area contributed by atoms with Crippen LogP contribution in [-0.2, 0) is 0 Å². The van der Waals surface area contributed by atoms with Gasteiger partial charge in [-0.1, -0.05) is 11.6 Å². The van der Waals surface area contributed by atoms with Gasteiger partial charge in [-0.05, 0) is 51.2 Å². The van der Waals surface area contributed by atoms with Gasteiger partial charge in [-0.2, -0.15) is 0 Å². The van der Waals surface area contributed by atoms with Gasteiger partial charge in [0.25, 0.3) is 0 Å². The zero-order valence-corrected chi connectivity index (χ0v) is 11.3. The van der Waals surface area contributed by atoms with Crippen molar-refractivity contribution in [2.45, 2.75) is 24.7 Å². The highest BCUT2D eigenvalue weighted by Crippen LogP contribution is 2.26. The molecule has 1 aliphatic rings. The first-order valence-corrected chi connectivity index (χ1v) is 7.34. The van der Waals surface area contributed by atoms with E-state index in [0.717, 1.165) is 36.4 Å². The van der Waals surface area contributed by atoms with E-state index in [9.17, 15) is 4.79 Å². The van der Waals surface area contributed by atoms with E-state index >= 15 is 0 Å². The summed E-state index contributed by atoms with van der Waals surface area (Å²) in [4.78, 5) is 13.6. The van der Waals surface area contributed by atoms with Crippen LogP contribution in [-0.4, -0.2) is 25.1 Å². The van der Waals surface area contributed by atoms with Crippen molar-refractivity contribution in [3.63, 3.8) is 0 Å². The third-order valence-corrected chi connectivity index (χ3v) is 4.13. The van der Waals surface area contributed by atoms with Gasteiger partial charge in [0.2, 0.25) is 0 Å². The minimum Gasteiger partial charge on any atom is -0.317 e. The fraction of sp³-hybridized carbons (Fsp3) is 0.500. The SMILES string of the molecule is CSc1ccc(C)cc1C(=O)C1CCNCC1. The Morgan fingerprint density at radius 1 is 1.35 bits per heavy atom. The van der Waals surface area contributed by atoms with Gasteiger partial charge in [-0.25, -0.2) is 0 Å². The molecule has 0 unspecified atom stereocenters. The summed E-state index contributed by atoms with van der Waals surface area (Å²) in [6, 6.07) is 6.18. The molecule has 1 fully saturated rings. The first-order chi connectivity index (χ1) is 8.22. The number of aryl methyl sites for hydroxylation is 1. The van der Waals surface area contributed by atoms with Crippen LogP contribution in [0, 0.1) is 12.8 Å². The van der Waals surface area contributed by atoms with Crippen LogP contribution in [0.25, 0.3) is 0 Å². The van der Waals surface area contributed by atoms with Crippen LogP contribution in [0.4, 0.5) is 0 Å². The molecule has 0 aromatic heterocycles. The van der Waals surface area contributed by atoms with Crippen LogP contribution >= 0.6 is 11.8 Å². The first-order valence-electron chi connectivity index (χ1n) is 6.12. The quantitative estimate of drug-likeness (QED) is 0.659. The van der Waals surface area contributed by atoms with Crippen molar-refractivity contribution in [3.05, 3.63) is 29.3 Å². The number of benzene rings is 1. The molecular weight excluding hydrogens is 230 g/mol. The molecule has 2 rings (SSSR count). The standard InChI is InChI=1S/C14H19NOS/c1-10-3-4-13(17-2)12(9-10)14(16)11-5-7-15-8-6-11/h3-4,9,11,15H,5-8H2,1-2H3. The van der Waals surface area contributed by atoms with Gasteiger partial charge in [0.05, 0.1) is 0 Å². The van der Waals surface area contributed by atoms with Gasteiger partial charge in [-0.3, -0.25) is 4.79 Å². The van der Waals surface area contributed by atoms with Crippen molar-refractivity contribution in [2.75, 3.05) is 19.3 Å². The lowest BCUT2D eigenvalue weighted by Gasteiger charge is -2.22. The Bertz CT molecular complexity index is 411. The van der Waals surface area contributed by atoms with Crippen LogP contribution in [0.2, 0.25) is 0 Å². The van der Waals surface area contributed by atoms with Gasteiger partial charge in [0, 0.05) is 16.4 Å². The zero-order chi connectivity index (χ0) is 12.3. The smallest absolute Gasteiger partial charge is 0.167 e. The van der Waals surface area contributed by atoms with E-state index in [1.807, 2.05) is 19.2 Å². The molecule has 0 aliphatic carbocycles. The van der Waals surface area contributed by atoms with Crippen LogP contribution in [0.3, 0.4) is 0 Å². The normalized spacial score (nSPS) is 17.1. The summed E-state index contributed by atoms with van der Waals surface area (Å²) in [5.41, 5.74) is 2.09. The maximum absolute atomic E-state index is 12.5. The third kappa shape index (κ3) is 2.90. The molecule has 0 bridgehead atoms. The Balaban J connectivity index is 2.25. The molecule has 0 spiro atoms. The van der Waals surface area contributed by atoms with Gasteiger partial charge in [-0.15, -0.1) is 11.8 Å². The Morgan fingerprint density at radius 2 is 2.06 bits per heavy atom. The molecule has 1 N–H and O–H groups in total. The van der Waals surface area contributed by atoms with Gasteiger partial charge < -0.3 is 5.32 Å². The highest BCUT2D eigenvalue weighted by atomic mass is 32.2.